The van der Waals surface area contributed by atoms with Crippen LogP contribution in [0, 0.1) is 0 Å². The van der Waals surface area contributed by atoms with Crippen molar-refractivity contribution < 1.29 is 14.3 Å². The molecule has 30 heavy (non-hydrogen) atoms. The summed E-state index contributed by atoms with van der Waals surface area (Å²) >= 11 is 0. The van der Waals surface area contributed by atoms with Crippen molar-refractivity contribution in [2.45, 2.75) is 0 Å². The summed E-state index contributed by atoms with van der Waals surface area (Å²) in [7, 11) is 1.65. The Morgan fingerprint density at radius 2 is 0.833 bits per heavy atom. The third-order valence-electron chi connectivity index (χ3n) is 5.12. The van der Waals surface area contributed by atoms with Gasteiger partial charge in [-0.15, -0.1) is 0 Å². The number of rotatable bonds is 6. The Kier molecular flexibility index (Phi) is 5.53. The van der Waals surface area contributed by atoms with Crippen molar-refractivity contribution in [2.75, 3.05) is 7.11 Å². The predicted molar refractivity (Wildman–Crippen MR) is 120 cm³/mol. The van der Waals surface area contributed by atoms with Gasteiger partial charge in [0.1, 0.15) is 18.3 Å². The van der Waals surface area contributed by atoms with Crippen molar-refractivity contribution in [1.29, 1.82) is 0 Å². The Hall–Kier alpha value is -3.98. The number of carbonyl (C=O) groups is 2. The first kappa shape index (κ1) is 19.3. The van der Waals surface area contributed by atoms with Crippen molar-refractivity contribution in [3.05, 3.63) is 102 Å². The van der Waals surface area contributed by atoms with Gasteiger partial charge >= 0.3 is 0 Å². The van der Waals surface area contributed by atoms with Crippen molar-refractivity contribution in [2.24, 2.45) is 0 Å². The number of benzene rings is 4. The van der Waals surface area contributed by atoms with Gasteiger partial charge in [0.15, 0.2) is 0 Å². The van der Waals surface area contributed by atoms with Crippen LogP contribution < -0.4 is 4.74 Å². The van der Waals surface area contributed by atoms with E-state index in [0.29, 0.717) is 11.1 Å². The van der Waals surface area contributed by atoms with Crippen LogP contribution in [0.15, 0.2) is 91.0 Å². The van der Waals surface area contributed by atoms with E-state index >= 15 is 0 Å². The van der Waals surface area contributed by atoms with Crippen LogP contribution in [0.1, 0.15) is 20.7 Å². The van der Waals surface area contributed by atoms with Crippen LogP contribution in [-0.4, -0.2) is 19.7 Å². The van der Waals surface area contributed by atoms with Crippen LogP contribution in [0.3, 0.4) is 0 Å². The zero-order chi connectivity index (χ0) is 20.9. The molecule has 0 atom stereocenters. The lowest BCUT2D eigenvalue weighted by molar-refractivity contribution is 0.111. The van der Waals surface area contributed by atoms with E-state index in [2.05, 4.69) is 18.2 Å². The highest BCUT2D eigenvalue weighted by Crippen LogP contribution is 2.33. The second-order valence-electron chi connectivity index (χ2n) is 7.01. The summed E-state index contributed by atoms with van der Waals surface area (Å²) in [5.41, 5.74) is 7.61. The van der Waals surface area contributed by atoms with Crippen molar-refractivity contribution >= 4 is 12.6 Å². The maximum atomic E-state index is 11.0. The van der Waals surface area contributed by atoms with E-state index in [1.54, 1.807) is 7.11 Å². The van der Waals surface area contributed by atoms with Gasteiger partial charge < -0.3 is 4.74 Å². The summed E-state index contributed by atoms with van der Waals surface area (Å²) in [5.74, 6) is 0.809. The summed E-state index contributed by atoms with van der Waals surface area (Å²) in [6.07, 6.45) is 1.69. The molecule has 0 aliphatic heterocycles. The Morgan fingerprint density at radius 1 is 0.500 bits per heavy atom. The fraction of sp³-hybridized carbons (Fsp3) is 0.0370. The minimum absolute atomic E-state index is 0.648. The van der Waals surface area contributed by atoms with Crippen molar-refractivity contribution in [3.8, 4) is 39.1 Å². The van der Waals surface area contributed by atoms with E-state index in [9.17, 15) is 9.59 Å². The number of hydrogen-bond donors (Lipinski definition) is 0. The molecule has 0 aliphatic carbocycles. The fourth-order valence-corrected chi connectivity index (χ4v) is 3.42. The molecule has 0 aromatic heterocycles. The minimum atomic E-state index is 0.648. The average Bonchev–Trinajstić information content (AvgIpc) is 2.84. The van der Waals surface area contributed by atoms with Gasteiger partial charge in [-0.1, -0.05) is 60.7 Å². The molecule has 0 saturated heterocycles. The van der Waals surface area contributed by atoms with Crippen molar-refractivity contribution in [1.82, 2.24) is 0 Å². The molecular weight excluding hydrogens is 372 g/mol. The predicted octanol–water partition coefficient (Wildman–Crippen LogP) is 6.32. The van der Waals surface area contributed by atoms with E-state index in [-0.39, 0.29) is 0 Å². The lowest BCUT2D eigenvalue weighted by Gasteiger charge is -2.12. The number of ether oxygens (including phenoxy) is 1. The Labute approximate surface area is 175 Å². The zero-order valence-electron chi connectivity index (χ0n) is 16.5. The third-order valence-corrected chi connectivity index (χ3v) is 5.12. The Morgan fingerprint density at radius 3 is 1.13 bits per heavy atom. The Bertz CT molecular complexity index is 1100. The molecule has 146 valence electrons. The maximum Gasteiger partial charge on any atom is 0.150 e. The zero-order valence-corrected chi connectivity index (χ0v) is 16.5. The summed E-state index contributed by atoms with van der Waals surface area (Å²) in [6, 6.07) is 29.5. The van der Waals surface area contributed by atoms with E-state index in [4.69, 9.17) is 4.74 Å². The van der Waals surface area contributed by atoms with Gasteiger partial charge in [0, 0.05) is 11.1 Å². The summed E-state index contributed by atoms with van der Waals surface area (Å²) in [4.78, 5) is 22.0. The molecule has 0 spiro atoms. The first-order valence-electron chi connectivity index (χ1n) is 9.61. The highest BCUT2D eigenvalue weighted by Gasteiger charge is 2.08. The van der Waals surface area contributed by atoms with Gasteiger partial charge in [-0.05, 0) is 63.7 Å². The SMILES string of the molecule is COc1ccc(-c2cc(-c3ccc(C=O)cc3)cc(-c3ccc(C=O)cc3)c2)cc1. The van der Waals surface area contributed by atoms with Crippen LogP contribution in [0.4, 0.5) is 0 Å². The standard InChI is InChI=1S/C27H20O3/c1-30-27-12-10-23(11-13-27)26-15-24(21-6-2-19(17-28)3-7-21)14-25(16-26)22-8-4-20(18-29)5-9-22/h2-18H,1H3. The van der Waals surface area contributed by atoms with Crippen LogP contribution in [0.2, 0.25) is 0 Å². The van der Waals surface area contributed by atoms with Gasteiger partial charge in [-0.2, -0.15) is 0 Å². The highest BCUT2D eigenvalue weighted by molar-refractivity contribution is 5.83. The fourth-order valence-electron chi connectivity index (χ4n) is 3.42. The highest BCUT2D eigenvalue weighted by atomic mass is 16.5. The molecule has 0 N–H and O–H groups in total. The van der Waals surface area contributed by atoms with E-state index in [1.165, 1.54) is 0 Å². The summed E-state index contributed by atoms with van der Waals surface area (Å²) < 4.78 is 5.28. The van der Waals surface area contributed by atoms with Gasteiger partial charge in [-0.25, -0.2) is 0 Å². The second-order valence-corrected chi connectivity index (χ2v) is 7.01. The van der Waals surface area contributed by atoms with Crippen LogP contribution in [0.25, 0.3) is 33.4 Å². The lowest BCUT2D eigenvalue weighted by atomic mass is 9.93. The first-order chi connectivity index (χ1) is 14.7. The summed E-state index contributed by atoms with van der Waals surface area (Å²) in [5, 5.41) is 0. The monoisotopic (exact) mass is 392 g/mol. The Balaban J connectivity index is 1.85. The molecule has 4 rings (SSSR count). The number of aldehydes is 2. The minimum Gasteiger partial charge on any atom is -0.497 e. The molecule has 0 aliphatic rings. The first-order valence-corrected chi connectivity index (χ1v) is 9.61. The van der Waals surface area contributed by atoms with Gasteiger partial charge in [0.25, 0.3) is 0 Å². The maximum absolute atomic E-state index is 11.0. The second kappa shape index (κ2) is 8.58. The van der Waals surface area contributed by atoms with Crippen LogP contribution in [0.5, 0.6) is 5.75 Å². The molecule has 0 radical (unpaired) electrons. The molecule has 0 bridgehead atoms. The molecule has 0 fully saturated rings. The molecule has 0 heterocycles. The third kappa shape index (κ3) is 4.06. The molecule has 3 heteroatoms. The molecule has 0 saturated carbocycles. The smallest absolute Gasteiger partial charge is 0.150 e. The average molecular weight is 392 g/mol. The number of carbonyl (C=O) groups excluding carboxylic acids is 2. The normalized spacial score (nSPS) is 10.4. The van der Waals surface area contributed by atoms with Gasteiger partial charge in [0.2, 0.25) is 0 Å². The van der Waals surface area contributed by atoms with Crippen molar-refractivity contribution in [3.63, 3.8) is 0 Å². The summed E-state index contributed by atoms with van der Waals surface area (Å²) in [6.45, 7) is 0. The molecule has 0 unspecified atom stereocenters. The quantitative estimate of drug-likeness (QED) is 0.361. The number of methoxy groups -OCH3 is 1. The molecule has 4 aromatic rings. The van der Waals surface area contributed by atoms with Gasteiger partial charge in [0.05, 0.1) is 7.11 Å². The molecule has 4 aromatic carbocycles. The van der Waals surface area contributed by atoms with Crippen LogP contribution >= 0.6 is 0 Å². The van der Waals surface area contributed by atoms with E-state index in [0.717, 1.165) is 51.7 Å². The number of hydrogen-bond acceptors (Lipinski definition) is 3. The lowest BCUT2D eigenvalue weighted by Crippen LogP contribution is -1.88. The van der Waals surface area contributed by atoms with Crippen LogP contribution in [-0.2, 0) is 0 Å². The molecular formula is C27H20O3. The largest absolute Gasteiger partial charge is 0.497 e. The molecule has 0 amide bonds. The molecule has 3 nitrogen and oxygen atoms in total. The van der Waals surface area contributed by atoms with Gasteiger partial charge in [-0.3, -0.25) is 9.59 Å². The topological polar surface area (TPSA) is 43.4 Å². The van der Waals surface area contributed by atoms with E-state index < -0.39 is 0 Å². The van der Waals surface area contributed by atoms with E-state index in [1.807, 2.05) is 72.8 Å².